The van der Waals surface area contributed by atoms with Gasteiger partial charge in [0.15, 0.2) is 0 Å². The molecule has 0 aromatic heterocycles. The monoisotopic (exact) mass is 275 g/mol. The molecule has 1 saturated heterocycles. The van der Waals surface area contributed by atoms with Gasteiger partial charge in [-0.25, -0.2) is 0 Å². The van der Waals surface area contributed by atoms with Crippen LogP contribution in [-0.4, -0.2) is 31.0 Å². The minimum atomic E-state index is 0.0962. The van der Waals surface area contributed by atoms with Crippen LogP contribution in [0.5, 0.6) is 0 Å². The maximum atomic E-state index is 12.0. The largest absolute Gasteiger partial charge is 0.376 e. The van der Waals surface area contributed by atoms with Crippen molar-refractivity contribution in [1.82, 2.24) is 4.90 Å². The van der Waals surface area contributed by atoms with Gasteiger partial charge in [-0.2, -0.15) is 0 Å². The van der Waals surface area contributed by atoms with Gasteiger partial charge in [0, 0.05) is 26.1 Å². The summed E-state index contributed by atoms with van der Waals surface area (Å²) < 4.78 is 5.72. The molecule has 1 atom stereocenters. The fourth-order valence-corrected chi connectivity index (χ4v) is 3.03. The van der Waals surface area contributed by atoms with Crippen molar-refractivity contribution >= 4 is 5.91 Å². The third-order valence-corrected chi connectivity index (χ3v) is 4.16. The highest BCUT2D eigenvalue weighted by Gasteiger charge is 2.29. The number of nitrogens with zero attached hydrogens (tertiary/aromatic N) is 1. The first-order valence-electron chi connectivity index (χ1n) is 7.50. The Kier molecular flexibility index (Phi) is 5.18. The van der Waals surface area contributed by atoms with E-state index in [1.807, 2.05) is 24.8 Å². The molecule has 1 fully saturated rings. The fourth-order valence-electron chi connectivity index (χ4n) is 3.03. The van der Waals surface area contributed by atoms with E-state index in [4.69, 9.17) is 4.74 Å². The number of carbonyl (C=O) groups is 1. The summed E-state index contributed by atoms with van der Waals surface area (Å²) in [6.45, 7) is 5.65. The first-order chi connectivity index (χ1) is 9.63. The van der Waals surface area contributed by atoms with Crippen molar-refractivity contribution in [3.63, 3.8) is 0 Å². The lowest BCUT2D eigenvalue weighted by molar-refractivity contribution is -0.136. The topological polar surface area (TPSA) is 29.5 Å². The van der Waals surface area contributed by atoms with Gasteiger partial charge < -0.3 is 9.64 Å². The number of benzene rings is 1. The summed E-state index contributed by atoms with van der Waals surface area (Å²) in [6, 6.07) is 10.4. The molecule has 3 heteroatoms. The average Bonchev–Trinajstić information content (AvgIpc) is 2.49. The quantitative estimate of drug-likeness (QED) is 0.844. The van der Waals surface area contributed by atoms with Crippen LogP contribution < -0.4 is 0 Å². The number of hydrogen-bond donors (Lipinski definition) is 0. The second kappa shape index (κ2) is 6.89. The lowest BCUT2D eigenvalue weighted by Crippen LogP contribution is -2.41. The Balaban J connectivity index is 1.97. The van der Waals surface area contributed by atoms with Gasteiger partial charge in [0.05, 0.1) is 6.10 Å². The number of piperidine rings is 1. The molecule has 0 radical (unpaired) electrons. The second-order valence-corrected chi connectivity index (χ2v) is 5.88. The Morgan fingerprint density at radius 3 is 2.30 bits per heavy atom. The zero-order valence-electron chi connectivity index (χ0n) is 12.7. The fraction of sp³-hybridized carbons (Fsp3) is 0.588. The van der Waals surface area contributed by atoms with Crippen LogP contribution in [0.4, 0.5) is 0 Å². The van der Waals surface area contributed by atoms with Gasteiger partial charge >= 0.3 is 0 Å². The minimum Gasteiger partial charge on any atom is -0.376 e. The molecule has 1 aromatic rings. The Hall–Kier alpha value is -1.35. The average molecular weight is 275 g/mol. The molecule has 2 rings (SSSR count). The summed E-state index contributed by atoms with van der Waals surface area (Å²) >= 11 is 0. The van der Waals surface area contributed by atoms with E-state index in [2.05, 4.69) is 24.3 Å². The van der Waals surface area contributed by atoms with E-state index in [0.29, 0.717) is 5.92 Å². The molecule has 0 aliphatic carbocycles. The Labute approximate surface area is 121 Å². The van der Waals surface area contributed by atoms with Gasteiger partial charge in [-0.3, -0.25) is 4.79 Å². The lowest BCUT2D eigenvalue weighted by Gasteiger charge is -2.36. The molecular weight excluding hydrogens is 250 g/mol. The molecule has 1 amide bonds. The van der Waals surface area contributed by atoms with Gasteiger partial charge in [0.1, 0.15) is 0 Å². The smallest absolute Gasteiger partial charge is 0.225 e. The molecule has 1 unspecified atom stereocenters. The summed E-state index contributed by atoms with van der Waals surface area (Å²) in [5.41, 5.74) is 1.24. The second-order valence-electron chi connectivity index (χ2n) is 5.88. The number of likely N-dealkylation sites (tertiary alicyclic amines) is 1. The number of ether oxygens (including phenoxy) is 1. The molecular formula is C17H25NO2. The number of amides is 1. The van der Waals surface area contributed by atoms with Crippen molar-refractivity contribution < 1.29 is 9.53 Å². The molecule has 0 saturated carbocycles. The number of rotatable bonds is 4. The third-order valence-electron chi connectivity index (χ3n) is 4.16. The first-order valence-corrected chi connectivity index (χ1v) is 7.50. The predicted octanol–water partition coefficient (Wildman–Crippen LogP) is 3.27. The SMILES string of the molecule is COC(c1ccccc1)C1CCN(C(=O)C(C)C)CC1. The van der Waals surface area contributed by atoms with Gasteiger partial charge in [-0.15, -0.1) is 0 Å². The van der Waals surface area contributed by atoms with E-state index in [-0.39, 0.29) is 17.9 Å². The molecule has 1 aromatic carbocycles. The third kappa shape index (κ3) is 3.40. The molecule has 3 nitrogen and oxygen atoms in total. The van der Waals surface area contributed by atoms with Gasteiger partial charge in [-0.05, 0) is 24.3 Å². The summed E-state index contributed by atoms with van der Waals surface area (Å²) in [6.07, 6.45) is 2.19. The zero-order chi connectivity index (χ0) is 14.5. The van der Waals surface area contributed by atoms with Crippen molar-refractivity contribution in [2.45, 2.75) is 32.8 Å². The van der Waals surface area contributed by atoms with E-state index in [9.17, 15) is 4.79 Å². The molecule has 110 valence electrons. The van der Waals surface area contributed by atoms with E-state index in [0.717, 1.165) is 25.9 Å². The van der Waals surface area contributed by atoms with E-state index >= 15 is 0 Å². The van der Waals surface area contributed by atoms with Crippen LogP contribution in [0, 0.1) is 11.8 Å². The standard InChI is InChI=1S/C17H25NO2/c1-13(2)17(19)18-11-9-15(10-12-18)16(20-3)14-7-5-4-6-8-14/h4-8,13,15-16H,9-12H2,1-3H3. The highest BCUT2D eigenvalue weighted by molar-refractivity contribution is 5.78. The minimum absolute atomic E-state index is 0.0962. The van der Waals surface area contributed by atoms with Crippen LogP contribution in [-0.2, 0) is 9.53 Å². The van der Waals surface area contributed by atoms with E-state index < -0.39 is 0 Å². The Morgan fingerprint density at radius 2 is 1.80 bits per heavy atom. The Bertz CT molecular complexity index is 422. The molecule has 0 spiro atoms. The predicted molar refractivity (Wildman–Crippen MR) is 80.3 cm³/mol. The lowest BCUT2D eigenvalue weighted by atomic mass is 9.87. The number of carbonyl (C=O) groups excluding carboxylic acids is 1. The van der Waals surface area contributed by atoms with Crippen LogP contribution in [0.3, 0.4) is 0 Å². The highest BCUT2D eigenvalue weighted by atomic mass is 16.5. The van der Waals surface area contributed by atoms with Crippen molar-refractivity contribution in [3.8, 4) is 0 Å². The summed E-state index contributed by atoms with van der Waals surface area (Å²) in [4.78, 5) is 14.0. The van der Waals surface area contributed by atoms with Crippen molar-refractivity contribution in [2.75, 3.05) is 20.2 Å². The summed E-state index contributed by atoms with van der Waals surface area (Å²) in [5.74, 6) is 0.870. The van der Waals surface area contributed by atoms with Crippen LogP contribution >= 0.6 is 0 Å². The van der Waals surface area contributed by atoms with Crippen LogP contribution in [0.15, 0.2) is 30.3 Å². The van der Waals surface area contributed by atoms with Gasteiger partial charge in [0.2, 0.25) is 5.91 Å². The molecule has 1 aliphatic heterocycles. The molecule has 20 heavy (non-hydrogen) atoms. The normalized spacial score (nSPS) is 18.3. The zero-order valence-corrected chi connectivity index (χ0v) is 12.7. The maximum Gasteiger partial charge on any atom is 0.225 e. The highest BCUT2D eigenvalue weighted by Crippen LogP contribution is 2.33. The van der Waals surface area contributed by atoms with Crippen LogP contribution in [0.25, 0.3) is 0 Å². The molecule has 0 N–H and O–H groups in total. The number of methoxy groups -OCH3 is 1. The van der Waals surface area contributed by atoms with Crippen molar-refractivity contribution in [1.29, 1.82) is 0 Å². The molecule has 1 aliphatic rings. The first kappa shape index (κ1) is 15.0. The van der Waals surface area contributed by atoms with Crippen LogP contribution in [0.2, 0.25) is 0 Å². The summed E-state index contributed by atoms with van der Waals surface area (Å²) in [7, 11) is 1.78. The summed E-state index contributed by atoms with van der Waals surface area (Å²) in [5, 5.41) is 0. The van der Waals surface area contributed by atoms with Gasteiger partial charge in [0.25, 0.3) is 0 Å². The van der Waals surface area contributed by atoms with Crippen LogP contribution in [0.1, 0.15) is 38.4 Å². The molecule has 1 heterocycles. The van der Waals surface area contributed by atoms with Crippen molar-refractivity contribution in [2.24, 2.45) is 11.8 Å². The van der Waals surface area contributed by atoms with Crippen molar-refractivity contribution in [3.05, 3.63) is 35.9 Å². The number of hydrogen-bond acceptors (Lipinski definition) is 2. The van der Waals surface area contributed by atoms with E-state index in [1.54, 1.807) is 7.11 Å². The maximum absolute atomic E-state index is 12.0. The van der Waals surface area contributed by atoms with E-state index in [1.165, 1.54) is 5.56 Å². The van der Waals surface area contributed by atoms with Gasteiger partial charge in [-0.1, -0.05) is 44.2 Å². The molecule has 0 bridgehead atoms. The Morgan fingerprint density at radius 1 is 1.20 bits per heavy atom.